The van der Waals surface area contributed by atoms with Gasteiger partial charge < -0.3 is 10.6 Å². The highest BCUT2D eigenvalue weighted by molar-refractivity contribution is 7.18. The first-order valence-electron chi connectivity index (χ1n) is 7.59. The molecule has 0 saturated carbocycles. The number of halogens is 1. The number of allylic oxidation sites excluding steroid dienone is 6. The topological polar surface area (TPSA) is 41.6 Å². The monoisotopic (exact) mass is 349 g/mol. The lowest BCUT2D eigenvalue weighted by Gasteiger charge is -2.26. The van der Waals surface area contributed by atoms with E-state index in [0.717, 1.165) is 26.8 Å². The normalized spacial score (nSPS) is 15.0. The standard InChI is InChI=1S/C16H18ClN3S.C2H6/c1-4-6-7-12(5-2)14-8-13-16(21-14)20(11(3)9-18)10-15(17)19-13;1-2/h4-9H,1,10,18H2,2-3H3;1-2H3/b7-6-,11-9-,12-5+;. The minimum absolute atomic E-state index is 0.557. The lowest BCUT2D eigenvalue weighted by atomic mass is 10.2. The van der Waals surface area contributed by atoms with Crippen LogP contribution >= 0.6 is 22.9 Å². The predicted octanol–water partition coefficient (Wildman–Crippen LogP) is 5.83. The predicted molar refractivity (Wildman–Crippen MR) is 107 cm³/mol. The molecule has 0 atom stereocenters. The number of aliphatic imine (C=N–C) groups is 1. The van der Waals surface area contributed by atoms with Gasteiger partial charge in [0.25, 0.3) is 0 Å². The molecule has 1 aliphatic rings. The zero-order chi connectivity index (χ0) is 17.4. The van der Waals surface area contributed by atoms with Crippen molar-refractivity contribution in [2.45, 2.75) is 27.7 Å². The van der Waals surface area contributed by atoms with E-state index in [1.807, 2.05) is 39.8 Å². The summed E-state index contributed by atoms with van der Waals surface area (Å²) in [5.74, 6) is 0. The van der Waals surface area contributed by atoms with Crippen molar-refractivity contribution in [2.75, 3.05) is 11.4 Å². The van der Waals surface area contributed by atoms with Gasteiger partial charge in [-0.25, -0.2) is 4.99 Å². The van der Waals surface area contributed by atoms with Crippen LogP contribution in [0.1, 0.15) is 32.6 Å². The smallest absolute Gasteiger partial charge is 0.126 e. The van der Waals surface area contributed by atoms with Crippen LogP contribution < -0.4 is 10.6 Å². The van der Waals surface area contributed by atoms with Crippen LogP contribution in [0.4, 0.5) is 10.7 Å². The van der Waals surface area contributed by atoms with Crippen LogP contribution in [-0.4, -0.2) is 11.7 Å². The van der Waals surface area contributed by atoms with Gasteiger partial charge >= 0.3 is 0 Å². The Morgan fingerprint density at radius 1 is 1.48 bits per heavy atom. The molecule has 0 radical (unpaired) electrons. The van der Waals surface area contributed by atoms with Gasteiger partial charge in [-0.15, -0.1) is 11.3 Å². The van der Waals surface area contributed by atoms with Gasteiger partial charge in [-0.2, -0.15) is 0 Å². The highest BCUT2D eigenvalue weighted by Gasteiger charge is 2.23. The van der Waals surface area contributed by atoms with Gasteiger partial charge in [0.05, 0.1) is 12.2 Å². The fourth-order valence-corrected chi connectivity index (χ4v) is 3.44. The van der Waals surface area contributed by atoms with Gasteiger partial charge in [-0.1, -0.05) is 56.3 Å². The molecule has 1 aromatic rings. The Labute approximate surface area is 148 Å². The maximum Gasteiger partial charge on any atom is 0.126 e. The van der Waals surface area contributed by atoms with Crippen LogP contribution in [0.25, 0.3) is 5.57 Å². The second-order valence-electron chi connectivity index (χ2n) is 4.52. The van der Waals surface area contributed by atoms with Gasteiger partial charge in [0.15, 0.2) is 0 Å². The van der Waals surface area contributed by atoms with E-state index >= 15 is 0 Å². The second-order valence-corrected chi connectivity index (χ2v) is 5.99. The molecule has 5 heteroatoms. The molecule has 0 saturated heterocycles. The summed E-state index contributed by atoms with van der Waals surface area (Å²) in [7, 11) is 0. The summed E-state index contributed by atoms with van der Waals surface area (Å²) < 4.78 is 0. The number of nitrogens with two attached hydrogens (primary N) is 1. The summed E-state index contributed by atoms with van der Waals surface area (Å²) in [5.41, 5.74) is 8.63. The molecule has 0 aliphatic carbocycles. The Balaban J connectivity index is 0.00000127. The van der Waals surface area contributed by atoms with E-state index in [0.29, 0.717) is 11.7 Å². The van der Waals surface area contributed by atoms with Gasteiger partial charge in [-0.05, 0) is 25.5 Å². The number of fused-ring (bicyclic) bond motifs is 1. The lowest BCUT2D eigenvalue weighted by Crippen LogP contribution is -2.28. The SMILES string of the molecule is C=C/C=C\C(=C/C)c1cc2c(s1)N(/C(C)=C\N)CC(Cl)=N2.CC. The number of thiophene rings is 1. The first-order valence-corrected chi connectivity index (χ1v) is 8.78. The maximum absolute atomic E-state index is 6.15. The first kappa shape index (κ1) is 19.3. The summed E-state index contributed by atoms with van der Waals surface area (Å²) in [6.45, 7) is 12.2. The van der Waals surface area contributed by atoms with Crippen LogP contribution in [0.3, 0.4) is 0 Å². The van der Waals surface area contributed by atoms with Crippen LogP contribution in [-0.2, 0) is 0 Å². The molecule has 2 heterocycles. The molecule has 23 heavy (non-hydrogen) atoms. The van der Waals surface area contributed by atoms with E-state index in [-0.39, 0.29) is 0 Å². The van der Waals surface area contributed by atoms with Crippen molar-refractivity contribution in [1.82, 2.24) is 0 Å². The average molecular weight is 350 g/mol. The van der Waals surface area contributed by atoms with E-state index in [1.165, 1.54) is 0 Å². The number of hydrogen-bond acceptors (Lipinski definition) is 4. The van der Waals surface area contributed by atoms with Crippen LogP contribution in [0.15, 0.2) is 53.8 Å². The molecule has 124 valence electrons. The van der Waals surface area contributed by atoms with Crippen molar-refractivity contribution in [1.29, 1.82) is 0 Å². The Kier molecular flexibility index (Phi) is 7.86. The van der Waals surface area contributed by atoms with E-state index in [4.69, 9.17) is 17.3 Å². The molecule has 3 nitrogen and oxygen atoms in total. The molecule has 2 N–H and O–H groups in total. The molecule has 0 bridgehead atoms. The number of anilines is 1. The second kappa shape index (κ2) is 9.38. The highest BCUT2D eigenvalue weighted by Crippen LogP contribution is 2.44. The zero-order valence-electron chi connectivity index (χ0n) is 14.1. The van der Waals surface area contributed by atoms with E-state index in [9.17, 15) is 0 Å². The third kappa shape index (κ3) is 4.60. The van der Waals surface area contributed by atoms with Crippen molar-refractivity contribution in [3.63, 3.8) is 0 Å². The molecular weight excluding hydrogens is 326 g/mol. The minimum Gasteiger partial charge on any atom is -0.403 e. The quantitative estimate of drug-likeness (QED) is 0.695. The number of rotatable bonds is 4. The van der Waals surface area contributed by atoms with Crippen molar-refractivity contribution in [3.05, 3.63) is 53.7 Å². The molecule has 0 unspecified atom stereocenters. The molecule has 0 spiro atoms. The summed E-state index contributed by atoms with van der Waals surface area (Å²) in [4.78, 5) is 7.67. The molecule has 1 aromatic heterocycles. The summed E-state index contributed by atoms with van der Waals surface area (Å²) in [6.07, 6.45) is 9.38. The minimum atomic E-state index is 0.557. The fourth-order valence-electron chi connectivity index (χ4n) is 2.02. The van der Waals surface area contributed by atoms with Crippen molar-refractivity contribution >= 4 is 44.4 Å². The molecule has 2 rings (SSSR count). The van der Waals surface area contributed by atoms with Crippen molar-refractivity contribution in [3.8, 4) is 0 Å². The first-order chi connectivity index (χ1) is 11.1. The Bertz CT molecular complexity index is 666. The molecule has 0 amide bonds. The van der Waals surface area contributed by atoms with Crippen LogP contribution in [0.2, 0.25) is 0 Å². The van der Waals surface area contributed by atoms with Crippen molar-refractivity contribution < 1.29 is 0 Å². The van der Waals surface area contributed by atoms with Crippen LogP contribution in [0, 0.1) is 0 Å². The zero-order valence-corrected chi connectivity index (χ0v) is 15.7. The van der Waals surface area contributed by atoms with Gasteiger partial charge in [-0.3, -0.25) is 0 Å². The molecule has 1 aliphatic heterocycles. The van der Waals surface area contributed by atoms with E-state index in [2.05, 4.69) is 28.6 Å². The molecule has 0 aromatic carbocycles. The van der Waals surface area contributed by atoms with Gasteiger partial charge in [0, 0.05) is 16.8 Å². The summed E-state index contributed by atoms with van der Waals surface area (Å²) in [6, 6.07) is 2.06. The summed E-state index contributed by atoms with van der Waals surface area (Å²) in [5, 5.41) is 1.64. The number of hydrogen-bond donors (Lipinski definition) is 1. The largest absolute Gasteiger partial charge is 0.403 e. The summed E-state index contributed by atoms with van der Waals surface area (Å²) >= 11 is 7.83. The third-order valence-electron chi connectivity index (χ3n) is 3.14. The van der Waals surface area contributed by atoms with Gasteiger partial charge in [0.2, 0.25) is 0 Å². The third-order valence-corrected chi connectivity index (χ3v) is 4.54. The maximum atomic E-state index is 6.15. The van der Waals surface area contributed by atoms with Gasteiger partial charge in [0.1, 0.15) is 10.2 Å². The van der Waals surface area contributed by atoms with Crippen molar-refractivity contribution in [2.24, 2.45) is 10.7 Å². The van der Waals surface area contributed by atoms with E-state index in [1.54, 1.807) is 23.6 Å². The lowest BCUT2D eigenvalue weighted by molar-refractivity contribution is 1.03. The molecular formula is C18H24ClN3S. The Morgan fingerprint density at radius 2 is 2.17 bits per heavy atom. The highest BCUT2D eigenvalue weighted by atomic mass is 35.5. The fraction of sp³-hybridized carbons (Fsp3) is 0.278. The van der Waals surface area contributed by atoms with E-state index < -0.39 is 0 Å². The Morgan fingerprint density at radius 3 is 2.74 bits per heavy atom. The Hall–Kier alpha value is -1.78. The van der Waals surface area contributed by atoms with Crippen LogP contribution in [0.5, 0.6) is 0 Å². The number of nitrogens with zero attached hydrogens (tertiary/aromatic N) is 2. The average Bonchev–Trinajstić information content (AvgIpc) is 2.99. The molecule has 0 fully saturated rings.